The van der Waals surface area contributed by atoms with Crippen molar-refractivity contribution in [3.8, 4) is 0 Å². The molecule has 92 heavy (non-hydrogen) atoms. The van der Waals surface area contributed by atoms with Crippen LogP contribution in [0.25, 0.3) is 0 Å². The number of carbonyl (C=O) groups excluding carboxylic acids is 2. The largest absolute Gasteiger partial charge is 0.756 e. The lowest BCUT2D eigenvalue weighted by molar-refractivity contribution is -0.870. The van der Waals surface area contributed by atoms with Crippen molar-refractivity contribution < 1.29 is 42.1 Å². The molecule has 0 saturated heterocycles. The lowest BCUT2D eigenvalue weighted by Gasteiger charge is -2.28. The number of rotatable bonds is 60. The van der Waals surface area contributed by atoms with Gasteiger partial charge >= 0.3 is 11.9 Å². The molecule has 0 rings (SSSR count). The summed E-state index contributed by atoms with van der Waals surface area (Å²) in [5.41, 5.74) is 0. The number of likely N-dealkylation sites (N-methyl/N-ethyl adjacent to an activating group) is 1. The van der Waals surface area contributed by atoms with Crippen molar-refractivity contribution in [3.05, 3.63) is 243 Å². The molecule has 0 aliphatic rings. The summed E-state index contributed by atoms with van der Waals surface area (Å²) in [6.45, 7) is 3.88. The average molecular weight is 1280 g/mol. The van der Waals surface area contributed by atoms with E-state index in [9.17, 15) is 19.0 Å². The van der Waals surface area contributed by atoms with Gasteiger partial charge in [-0.15, -0.1) is 0 Å². The number of esters is 2. The van der Waals surface area contributed by atoms with E-state index in [-0.39, 0.29) is 26.1 Å². The van der Waals surface area contributed by atoms with Crippen molar-refractivity contribution in [3.63, 3.8) is 0 Å². The molecule has 0 heterocycles. The molecule has 0 radical (unpaired) electrons. The number of allylic oxidation sites excluding steroid dienone is 40. The Bertz CT molecular complexity index is 2450. The maximum absolute atomic E-state index is 12.9. The monoisotopic (exact) mass is 1280 g/mol. The van der Waals surface area contributed by atoms with Gasteiger partial charge in [0.2, 0.25) is 0 Å². The first-order valence-corrected chi connectivity index (χ1v) is 36.2. The van der Waals surface area contributed by atoms with Crippen LogP contribution in [-0.2, 0) is 32.7 Å². The molecule has 0 aliphatic carbocycles. The molecule has 10 heteroatoms. The Balaban J connectivity index is 4.32. The van der Waals surface area contributed by atoms with Crippen LogP contribution in [0.3, 0.4) is 0 Å². The molecule has 0 N–H and O–H groups in total. The summed E-state index contributed by atoms with van der Waals surface area (Å²) in [4.78, 5) is 38.0. The number of ether oxygens (including phenoxy) is 2. The van der Waals surface area contributed by atoms with Gasteiger partial charge in [0.05, 0.1) is 27.7 Å². The fourth-order valence-electron chi connectivity index (χ4n) is 8.12. The SMILES string of the molecule is CC/C=C\C/C=C\C/C=C\C/C=C\C/C=C\C/C=C\C/C=C\C/C=C\C/C=C\C/C=C\CCCCCCC(=O)OC(COC(=O)CCCC/C=C\C/C=C\C/C=C\C/C=C\C/C=C\C/C=C\C/C=C\C/C=C\C/C=C\C/C=C\CC)COP(=O)([O-])OCC[N+](C)(C)C. The first-order valence-electron chi connectivity index (χ1n) is 34.7. The highest BCUT2D eigenvalue weighted by Gasteiger charge is 2.22. The van der Waals surface area contributed by atoms with Gasteiger partial charge in [-0.3, -0.25) is 14.2 Å². The summed E-state index contributed by atoms with van der Waals surface area (Å²) in [6, 6.07) is 0. The van der Waals surface area contributed by atoms with Crippen molar-refractivity contribution in [2.24, 2.45) is 0 Å². The lowest BCUT2D eigenvalue weighted by Crippen LogP contribution is -2.37. The zero-order chi connectivity index (χ0) is 66.9. The van der Waals surface area contributed by atoms with Gasteiger partial charge in [0.1, 0.15) is 19.8 Å². The van der Waals surface area contributed by atoms with Gasteiger partial charge in [-0.2, -0.15) is 0 Å². The molecule has 0 aromatic rings. The van der Waals surface area contributed by atoms with E-state index in [0.29, 0.717) is 23.9 Å². The molecule has 2 atom stereocenters. The normalized spacial score (nSPS) is 14.6. The highest BCUT2D eigenvalue weighted by Crippen LogP contribution is 2.38. The van der Waals surface area contributed by atoms with E-state index >= 15 is 0 Å². The van der Waals surface area contributed by atoms with Crippen LogP contribution in [0.4, 0.5) is 0 Å². The van der Waals surface area contributed by atoms with Gasteiger partial charge in [-0.1, -0.05) is 270 Å². The third kappa shape index (κ3) is 72.9. The van der Waals surface area contributed by atoms with Gasteiger partial charge in [0.15, 0.2) is 6.10 Å². The zero-order valence-electron chi connectivity index (χ0n) is 57.9. The number of quaternary nitrogens is 1. The van der Waals surface area contributed by atoms with Gasteiger partial charge in [0, 0.05) is 12.8 Å². The van der Waals surface area contributed by atoms with E-state index in [0.717, 1.165) is 167 Å². The van der Waals surface area contributed by atoms with E-state index < -0.39 is 32.5 Å². The summed E-state index contributed by atoms with van der Waals surface area (Å²) < 4.78 is 34.2. The van der Waals surface area contributed by atoms with Crippen LogP contribution in [0, 0.1) is 0 Å². The average Bonchev–Trinajstić information content (AvgIpc) is 2.14. The molecule has 0 amide bonds. The number of phosphoric ester groups is 1. The second-order valence-corrected chi connectivity index (χ2v) is 24.5. The molecule has 0 fully saturated rings. The second-order valence-electron chi connectivity index (χ2n) is 23.1. The predicted molar refractivity (Wildman–Crippen MR) is 396 cm³/mol. The Hall–Kier alpha value is -6.19. The highest BCUT2D eigenvalue weighted by molar-refractivity contribution is 7.45. The Morgan fingerprint density at radius 2 is 0.587 bits per heavy atom. The molecule has 9 nitrogen and oxygen atoms in total. The fourth-order valence-corrected chi connectivity index (χ4v) is 8.85. The molecule has 0 aromatic heterocycles. The van der Waals surface area contributed by atoms with E-state index in [1.807, 2.05) is 21.1 Å². The Kier molecular flexibility index (Phi) is 64.5. The molecule has 0 saturated carbocycles. The Morgan fingerprint density at radius 3 is 0.880 bits per heavy atom. The molecule has 0 bridgehead atoms. The topological polar surface area (TPSA) is 111 Å². The van der Waals surface area contributed by atoms with Crippen LogP contribution < -0.4 is 4.89 Å². The van der Waals surface area contributed by atoms with Gasteiger partial charge in [-0.05, 0) is 167 Å². The minimum Gasteiger partial charge on any atom is -0.756 e. The van der Waals surface area contributed by atoms with Crippen LogP contribution in [0.2, 0.25) is 0 Å². The molecule has 0 spiro atoms. The number of hydrogen-bond donors (Lipinski definition) is 0. The van der Waals surface area contributed by atoms with Crippen molar-refractivity contribution in [1.82, 2.24) is 0 Å². The van der Waals surface area contributed by atoms with Gasteiger partial charge < -0.3 is 27.9 Å². The van der Waals surface area contributed by atoms with E-state index in [2.05, 4.69) is 257 Å². The van der Waals surface area contributed by atoms with Gasteiger partial charge in [-0.25, -0.2) is 0 Å². The van der Waals surface area contributed by atoms with Crippen LogP contribution in [0.15, 0.2) is 243 Å². The maximum Gasteiger partial charge on any atom is 0.306 e. The van der Waals surface area contributed by atoms with Crippen LogP contribution >= 0.6 is 7.82 Å². The summed E-state index contributed by atoms with van der Waals surface area (Å²) in [5.74, 6) is -0.938. The van der Waals surface area contributed by atoms with E-state index in [1.54, 1.807) is 0 Å². The highest BCUT2D eigenvalue weighted by atomic mass is 31.2. The smallest absolute Gasteiger partial charge is 0.306 e. The van der Waals surface area contributed by atoms with Crippen molar-refractivity contribution >= 4 is 19.8 Å². The summed E-state index contributed by atoms with van der Waals surface area (Å²) in [5, 5.41) is 0. The number of carbonyl (C=O) groups is 2. The minimum atomic E-state index is -4.68. The first kappa shape index (κ1) is 85.8. The Labute approximate surface area is 562 Å². The molecular formula is C82H124NO8P. The van der Waals surface area contributed by atoms with Crippen molar-refractivity contribution in [2.75, 3.05) is 47.5 Å². The zero-order valence-corrected chi connectivity index (χ0v) is 58.8. The molecule has 0 aliphatic heterocycles. The second kappa shape index (κ2) is 69.2. The number of unbranched alkanes of at least 4 members (excludes halogenated alkanes) is 6. The third-order valence-corrected chi connectivity index (χ3v) is 14.3. The minimum absolute atomic E-state index is 0.0586. The number of phosphoric acid groups is 1. The number of nitrogens with zero attached hydrogens (tertiary/aromatic N) is 1. The van der Waals surface area contributed by atoms with E-state index in [1.165, 1.54) is 0 Å². The molecule has 510 valence electrons. The molecule has 0 aromatic carbocycles. The van der Waals surface area contributed by atoms with Crippen LogP contribution in [-0.4, -0.2) is 70.0 Å². The molecule has 2 unspecified atom stereocenters. The fraction of sp³-hybridized carbons (Fsp3) is 0.488. The maximum atomic E-state index is 12.9. The first-order chi connectivity index (χ1) is 45.0. The third-order valence-electron chi connectivity index (χ3n) is 13.4. The van der Waals surface area contributed by atoms with Crippen LogP contribution in [0.1, 0.15) is 206 Å². The quantitative estimate of drug-likeness (QED) is 0.0195. The Morgan fingerprint density at radius 1 is 0.337 bits per heavy atom. The van der Waals surface area contributed by atoms with Gasteiger partial charge in [0.25, 0.3) is 7.82 Å². The summed E-state index contributed by atoms with van der Waals surface area (Å²) >= 11 is 0. The van der Waals surface area contributed by atoms with Crippen LogP contribution in [0.5, 0.6) is 0 Å². The summed E-state index contributed by atoms with van der Waals surface area (Å²) in [7, 11) is 1.08. The predicted octanol–water partition coefficient (Wildman–Crippen LogP) is 22.5. The number of hydrogen-bond acceptors (Lipinski definition) is 8. The molecular weight excluding hydrogens is 1160 g/mol. The lowest BCUT2D eigenvalue weighted by atomic mass is 10.1. The van der Waals surface area contributed by atoms with Crippen molar-refractivity contribution in [1.29, 1.82) is 0 Å². The van der Waals surface area contributed by atoms with E-state index in [4.69, 9.17) is 18.5 Å². The summed E-state index contributed by atoms with van der Waals surface area (Å²) in [6.07, 6.45) is 114. The standard InChI is InChI=1S/C82H124NO8P/c1-6-8-10-12-14-16-18-20-22-24-26-28-30-32-34-36-38-40-41-43-45-47-49-51-53-55-57-59-61-63-65-67-69-71-73-75-82(85)91-80(79-90-92(86,87)89-77-76-83(3,4)5)78-88-81(84)74-72-70-68-66-64-62-60-58-56-54-52-50-48-46-44-42-39-37-35-33-31-29-27-25-23-21-19-17-15-13-11-9-7-2/h8-11,14-17,20-23,26-29,32-35,38-40,42-43,45-46,48-49,51-52,54-55,57-58,60-61,63-64,66,80H,6-7,12-13,18-19,24-25,30-31,36-37,41,44,47,50,53,56,59,62,65,67-79H2,1-5H3/b10-8-,11-9-,16-14-,17-15-,22-20-,23-21-,28-26-,29-27-,34-32-,35-33-,40-38-,42-39-,45-43-,48-46-,51-49-,54-52-,57-55-,60-58-,63-61-,66-64-. The van der Waals surface area contributed by atoms with Crippen molar-refractivity contribution in [2.45, 2.75) is 213 Å².